The van der Waals surface area contributed by atoms with Gasteiger partial charge < -0.3 is 9.73 Å². The molecule has 2 aromatic heterocycles. The topological polar surface area (TPSA) is 66.7 Å². The Bertz CT molecular complexity index is 334. The van der Waals surface area contributed by atoms with E-state index in [1.807, 2.05) is 12.1 Å². The van der Waals surface area contributed by atoms with Gasteiger partial charge in [-0.3, -0.25) is 0 Å². The van der Waals surface area contributed by atoms with Crippen LogP contribution >= 0.6 is 0 Å². The fourth-order valence-corrected chi connectivity index (χ4v) is 1.44. The van der Waals surface area contributed by atoms with Crippen LogP contribution < -0.4 is 5.32 Å². The molecular formula is C10H14N4O. The highest BCUT2D eigenvalue weighted by Crippen LogP contribution is 2.19. The van der Waals surface area contributed by atoms with Gasteiger partial charge in [0.15, 0.2) is 0 Å². The average molecular weight is 206 g/mol. The minimum Gasteiger partial charge on any atom is -0.467 e. The molecule has 5 nitrogen and oxygen atoms in total. The van der Waals surface area contributed by atoms with Crippen LogP contribution in [0.25, 0.3) is 0 Å². The molecule has 2 heterocycles. The van der Waals surface area contributed by atoms with Crippen molar-refractivity contribution in [1.29, 1.82) is 0 Å². The molecule has 1 atom stereocenters. The van der Waals surface area contributed by atoms with Crippen LogP contribution in [0.5, 0.6) is 0 Å². The van der Waals surface area contributed by atoms with E-state index in [4.69, 9.17) is 4.42 Å². The van der Waals surface area contributed by atoms with E-state index >= 15 is 0 Å². The number of aromatic nitrogens is 3. The van der Waals surface area contributed by atoms with Gasteiger partial charge in [0.2, 0.25) is 0 Å². The predicted molar refractivity (Wildman–Crippen MR) is 55.2 cm³/mol. The molecule has 0 aliphatic rings. The molecule has 15 heavy (non-hydrogen) atoms. The first-order valence-electron chi connectivity index (χ1n) is 5.04. The van der Waals surface area contributed by atoms with Gasteiger partial charge in [0.05, 0.1) is 12.5 Å². The van der Waals surface area contributed by atoms with Crippen molar-refractivity contribution in [2.45, 2.75) is 19.4 Å². The number of rotatable bonds is 5. The lowest BCUT2D eigenvalue weighted by Gasteiger charge is -2.12. The number of nitrogens with one attached hydrogen (secondary N) is 2. The normalized spacial score (nSPS) is 12.9. The number of H-pyrrole nitrogens is 1. The monoisotopic (exact) mass is 206 g/mol. The Morgan fingerprint density at radius 1 is 1.60 bits per heavy atom. The van der Waals surface area contributed by atoms with E-state index in [0.717, 1.165) is 24.4 Å². The van der Waals surface area contributed by atoms with Crippen molar-refractivity contribution in [3.63, 3.8) is 0 Å². The molecule has 0 bridgehead atoms. The molecule has 0 aliphatic carbocycles. The third kappa shape index (κ3) is 2.24. The van der Waals surface area contributed by atoms with Gasteiger partial charge in [0, 0.05) is 0 Å². The maximum atomic E-state index is 5.37. The van der Waals surface area contributed by atoms with Crippen LogP contribution in [0.1, 0.15) is 30.8 Å². The van der Waals surface area contributed by atoms with Gasteiger partial charge in [-0.25, -0.2) is 0 Å². The fraction of sp³-hybridized carbons (Fsp3) is 0.400. The molecular weight excluding hydrogens is 192 g/mol. The highest BCUT2D eigenvalue weighted by Gasteiger charge is 2.18. The third-order valence-electron chi connectivity index (χ3n) is 2.16. The summed E-state index contributed by atoms with van der Waals surface area (Å²) < 4.78 is 5.37. The van der Waals surface area contributed by atoms with Crippen LogP contribution in [0.3, 0.4) is 0 Å². The van der Waals surface area contributed by atoms with E-state index in [2.05, 4.69) is 27.7 Å². The SMILES string of the molecule is CCCNC(c1cn[nH]n1)c1ccco1. The Hall–Kier alpha value is -1.62. The van der Waals surface area contributed by atoms with Crippen LogP contribution in [0.4, 0.5) is 0 Å². The van der Waals surface area contributed by atoms with Crippen LogP contribution in [0.15, 0.2) is 29.0 Å². The summed E-state index contributed by atoms with van der Waals surface area (Å²) in [6, 6.07) is 3.79. The molecule has 0 spiro atoms. The van der Waals surface area contributed by atoms with Crippen LogP contribution in [0, 0.1) is 0 Å². The lowest BCUT2D eigenvalue weighted by atomic mass is 10.1. The number of furan rings is 1. The second-order valence-electron chi connectivity index (χ2n) is 3.30. The average Bonchev–Trinajstić information content (AvgIpc) is 2.90. The molecule has 0 aromatic carbocycles. The summed E-state index contributed by atoms with van der Waals surface area (Å²) in [4.78, 5) is 0. The first-order valence-corrected chi connectivity index (χ1v) is 5.04. The highest BCUT2D eigenvalue weighted by molar-refractivity contribution is 5.16. The molecule has 1 unspecified atom stereocenters. The maximum absolute atomic E-state index is 5.37. The number of aromatic amines is 1. The molecule has 2 N–H and O–H groups in total. The van der Waals surface area contributed by atoms with Crippen molar-refractivity contribution in [3.8, 4) is 0 Å². The zero-order chi connectivity index (χ0) is 10.5. The molecule has 0 fully saturated rings. The van der Waals surface area contributed by atoms with E-state index in [-0.39, 0.29) is 6.04 Å². The van der Waals surface area contributed by atoms with E-state index in [0.29, 0.717) is 0 Å². The summed E-state index contributed by atoms with van der Waals surface area (Å²) in [7, 11) is 0. The molecule has 0 aliphatic heterocycles. The summed E-state index contributed by atoms with van der Waals surface area (Å²) in [6.07, 6.45) is 4.43. The van der Waals surface area contributed by atoms with Gasteiger partial charge >= 0.3 is 0 Å². The summed E-state index contributed by atoms with van der Waals surface area (Å²) in [5, 5.41) is 13.8. The molecule has 0 amide bonds. The number of hydrogen-bond acceptors (Lipinski definition) is 4. The van der Waals surface area contributed by atoms with Crippen molar-refractivity contribution in [3.05, 3.63) is 36.0 Å². The highest BCUT2D eigenvalue weighted by atomic mass is 16.3. The van der Waals surface area contributed by atoms with Crippen molar-refractivity contribution in [1.82, 2.24) is 20.7 Å². The molecule has 0 saturated carbocycles. The number of nitrogens with zero attached hydrogens (tertiary/aromatic N) is 2. The third-order valence-corrected chi connectivity index (χ3v) is 2.16. The Labute approximate surface area is 87.9 Å². The molecule has 0 radical (unpaired) electrons. The van der Waals surface area contributed by atoms with Crippen LogP contribution in [-0.2, 0) is 0 Å². The second kappa shape index (κ2) is 4.75. The summed E-state index contributed by atoms with van der Waals surface area (Å²) in [6.45, 7) is 3.03. The smallest absolute Gasteiger partial charge is 0.126 e. The van der Waals surface area contributed by atoms with Gasteiger partial charge in [-0.1, -0.05) is 6.92 Å². The molecule has 80 valence electrons. The molecule has 0 saturated heterocycles. The zero-order valence-corrected chi connectivity index (χ0v) is 8.60. The Morgan fingerprint density at radius 3 is 3.13 bits per heavy atom. The van der Waals surface area contributed by atoms with Crippen LogP contribution in [0.2, 0.25) is 0 Å². The van der Waals surface area contributed by atoms with Crippen molar-refractivity contribution >= 4 is 0 Å². The van der Waals surface area contributed by atoms with Gasteiger partial charge in [-0.2, -0.15) is 15.4 Å². The standard InChI is InChI=1S/C10H14N4O/c1-2-5-11-10(8-7-12-14-13-8)9-4-3-6-15-9/h3-4,6-7,10-11H,2,5H2,1H3,(H,12,13,14). The number of hydrogen-bond donors (Lipinski definition) is 2. The Kier molecular flexibility index (Phi) is 3.14. The minimum atomic E-state index is -0.0151. The summed E-state index contributed by atoms with van der Waals surface area (Å²) >= 11 is 0. The van der Waals surface area contributed by atoms with Crippen molar-refractivity contribution < 1.29 is 4.42 Å². The first-order chi connectivity index (χ1) is 7.42. The second-order valence-corrected chi connectivity index (χ2v) is 3.30. The predicted octanol–water partition coefficient (Wildman–Crippen LogP) is 1.49. The quantitative estimate of drug-likeness (QED) is 0.777. The Morgan fingerprint density at radius 2 is 2.53 bits per heavy atom. The maximum Gasteiger partial charge on any atom is 0.126 e. The van der Waals surface area contributed by atoms with E-state index in [9.17, 15) is 0 Å². The summed E-state index contributed by atoms with van der Waals surface area (Å²) in [5.74, 6) is 0.859. The zero-order valence-electron chi connectivity index (χ0n) is 8.60. The molecule has 2 aromatic rings. The van der Waals surface area contributed by atoms with Gasteiger partial charge in [-0.05, 0) is 25.1 Å². The largest absolute Gasteiger partial charge is 0.467 e. The van der Waals surface area contributed by atoms with E-state index < -0.39 is 0 Å². The van der Waals surface area contributed by atoms with Crippen molar-refractivity contribution in [2.75, 3.05) is 6.54 Å². The van der Waals surface area contributed by atoms with Gasteiger partial charge in [0.1, 0.15) is 17.5 Å². The van der Waals surface area contributed by atoms with E-state index in [1.165, 1.54) is 0 Å². The fourth-order valence-electron chi connectivity index (χ4n) is 1.44. The minimum absolute atomic E-state index is 0.0151. The van der Waals surface area contributed by atoms with Gasteiger partial charge in [0.25, 0.3) is 0 Å². The Balaban J connectivity index is 2.17. The van der Waals surface area contributed by atoms with Gasteiger partial charge in [-0.15, -0.1) is 0 Å². The summed E-state index contributed by atoms with van der Waals surface area (Å²) in [5.41, 5.74) is 0.846. The first kappa shape index (κ1) is 9.92. The van der Waals surface area contributed by atoms with Crippen LogP contribution in [-0.4, -0.2) is 22.0 Å². The lowest BCUT2D eigenvalue weighted by Crippen LogP contribution is -2.23. The van der Waals surface area contributed by atoms with E-state index in [1.54, 1.807) is 12.5 Å². The molecule has 5 heteroatoms. The lowest BCUT2D eigenvalue weighted by molar-refractivity contribution is 0.441. The molecule has 2 rings (SSSR count). The van der Waals surface area contributed by atoms with Crippen molar-refractivity contribution in [2.24, 2.45) is 0 Å².